The van der Waals surface area contributed by atoms with Crippen LogP contribution in [0.3, 0.4) is 0 Å². The number of halogens is 5. The summed E-state index contributed by atoms with van der Waals surface area (Å²) in [6.45, 7) is 0. The van der Waals surface area contributed by atoms with Crippen LogP contribution < -0.4 is 16.6 Å². The van der Waals surface area contributed by atoms with Crippen molar-refractivity contribution in [3.8, 4) is 16.8 Å². The summed E-state index contributed by atoms with van der Waals surface area (Å²) in [7, 11) is 0. The molecule has 5 nitrogen and oxygen atoms in total. The Kier molecular flexibility index (Phi) is 8.22. The molecule has 0 spiro atoms. The Morgan fingerprint density at radius 2 is 1.67 bits per heavy atom. The zero-order valence-electron chi connectivity index (χ0n) is 17.0. The van der Waals surface area contributed by atoms with Gasteiger partial charge >= 0.3 is 6.18 Å². The quantitative estimate of drug-likeness (QED) is 0.110. The summed E-state index contributed by atoms with van der Waals surface area (Å²) < 4.78 is 39.4. The van der Waals surface area contributed by atoms with Crippen LogP contribution in [-0.4, -0.2) is 20.7 Å². The molecule has 1 heterocycles. The summed E-state index contributed by atoms with van der Waals surface area (Å²) in [5.74, 6) is -0.483. The molecule has 172 valence electrons. The molecule has 33 heavy (non-hydrogen) atoms. The van der Waals surface area contributed by atoms with Gasteiger partial charge in [-0.15, -0.1) is 0 Å². The Bertz CT molecular complexity index is 1160. The molecule has 0 fully saturated rings. The van der Waals surface area contributed by atoms with Gasteiger partial charge in [0.25, 0.3) is 5.91 Å². The van der Waals surface area contributed by atoms with E-state index >= 15 is 0 Å². The Hall–Kier alpha value is -2.76. The number of nitrogens with zero attached hydrogens (tertiary/aromatic N) is 1. The van der Waals surface area contributed by atoms with Gasteiger partial charge in [-0.25, -0.2) is 5.43 Å². The zero-order valence-corrected chi connectivity index (χ0v) is 19.9. The van der Waals surface area contributed by atoms with E-state index in [1.165, 1.54) is 0 Å². The van der Waals surface area contributed by atoms with Crippen molar-refractivity contribution >= 4 is 40.1 Å². The number of alkyl halides is 4. The van der Waals surface area contributed by atoms with Crippen molar-refractivity contribution in [2.75, 3.05) is 0 Å². The van der Waals surface area contributed by atoms with Crippen LogP contribution in [0.2, 0.25) is 0 Å². The summed E-state index contributed by atoms with van der Waals surface area (Å²) in [5, 5.41) is -0.184. The maximum Gasteiger partial charge on any atom is 0.417 e. The fourth-order valence-corrected chi connectivity index (χ4v) is 3.45. The molecule has 0 saturated heterocycles. The Balaban J connectivity index is 1.69. The first-order chi connectivity index (χ1) is 15.7. The smallest absolute Gasteiger partial charge is 0.404 e. The lowest BCUT2D eigenvalue weighted by molar-refractivity contribution is -0.0884. The van der Waals surface area contributed by atoms with Gasteiger partial charge in [-0.1, -0.05) is 76.7 Å². The van der Waals surface area contributed by atoms with E-state index in [0.29, 0.717) is 18.0 Å². The standard InChI is InChI=1S/C23H19ClF3IN4O/c24-19(13-17(14-29)23(25,26)27)21(28)30-31-22(33)20-7-4-12-32(20)18-10-8-16(9-11-18)15-5-2-1-3-6-15/h1-14,21,30H,29H2,(H,31,33)/b17-14+,19-13+. The number of carbonyl (C=O) groups is 1. The van der Waals surface area contributed by atoms with Crippen molar-refractivity contribution in [1.29, 1.82) is 0 Å². The summed E-state index contributed by atoms with van der Waals surface area (Å²) >= 11 is 7.71. The molecule has 4 N–H and O–H groups in total. The van der Waals surface area contributed by atoms with Gasteiger partial charge in [-0.3, -0.25) is 10.2 Å². The second-order valence-electron chi connectivity index (χ2n) is 6.79. The predicted molar refractivity (Wildman–Crippen MR) is 132 cm³/mol. The SMILES string of the molecule is N/C=C(\C=C(\Cl)C(I)NNC(=O)c1cccn1-c1ccc(-c2ccccc2)cc1)C(F)(F)F. The van der Waals surface area contributed by atoms with Gasteiger partial charge in [-0.05, 0) is 41.5 Å². The number of hydrogen-bond acceptors (Lipinski definition) is 3. The number of nitrogens with one attached hydrogen (secondary N) is 2. The van der Waals surface area contributed by atoms with Gasteiger partial charge in [0.05, 0.1) is 5.57 Å². The number of amides is 1. The van der Waals surface area contributed by atoms with E-state index in [1.54, 1.807) is 45.5 Å². The second kappa shape index (κ2) is 10.9. The van der Waals surface area contributed by atoms with Crippen LogP contribution >= 0.6 is 34.2 Å². The number of benzene rings is 2. The first-order valence-electron chi connectivity index (χ1n) is 9.60. The van der Waals surface area contributed by atoms with Crippen LogP contribution in [0.15, 0.2) is 95.8 Å². The lowest BCUT2D eigenvalue weighted by atomic mass is 10.1. The molecule has 0 saturated carbocycles. The number of nitrogens with two attached hydrogens (primary N) is 1. The van der Waals surface area contributed by atoms with E-state index in [9.17, 15) is 18.0 Å². The zero-order chi connectivity index (χ0) is 24.0. The van der Waals surface area contributed by atoms with Crippen molar-refractivity contribution in [1.82, 2.24) is 15.4 Å². The fraction of sp³-hybridized carbons (Fsp3) is 0.0870. The molecular formula is C23H19ClF3IN4O. The predicted octanol–water partition coefficient (Wildman–Crippen LogP) is 5.67. The number of hydrazine groups is 1. The van der Waals surface area contributed by atoms with Crippen molar-refractivity contribution in [3.63, 3.8) is 0 Å². The van der Waals surface area contributed by atoms with E-state index in [0.717, 1.165) is 16.8 Å². The van der Waals surface area contributed by atoms with Crippen molar-refractivity contribution in [2.45, 2.75) is 10.2 Å². The minimum Gasteiger partial charge on any atom is -0.404 e. The van der Waals surface area contributed by atoms with Gasteiger partial charge in [0.15, 0.2) is 0 Å². The third-order valence-corrected chi connectivity index (χ3v) is 6.27. The molecule has 3 rings (SSSR count). The van der Waals surface area contributed by atoms with Gasteiger partial charge in [0, 0.05) is 23.1 Å². The Morgan fingerprint density at radius 1 is 1.03 bits per heavy atom. The van der Waals surface area contributed by atoms with E-state index in [4.69, 9.17) is 17.3 Å². The molecule has 1 unspecified atom stereocenters. The third-order valence-electron chi connectivity index (χ3n) is 4.59. The molecule has 1 atom stereocenters. The van der Waals surface area contributed by atoms with Crippen LogP contribution in [0.5, 0.6) is 0 Å². The molecule has 0 aliphatic carbocycles. The Morgan fingerprint density at radius 3 is 2.27 bits per heavy atom. The van der Waals surface area contributed by atoms with Gasteiger partial charge in [0.1, 0.15) is 9.74 Å². The summed E-state index contributed by atoms with van der Waals surface area (Å²) in [6.07, 6.45) is -1.76. The number of hydrogen-bond donors (Lipinski definition) is 3. The summed E-state index contributed by atoms with van der Waals surface area (Å²) in [6, 6.07) is 20.9. The number of rotatable bonds is 7. The highest BCUT2D eigenvalue weighted by Crippen LogP contribution is 2.29. The van der Waals surface area contributed by atoms with Gasteiger partial charge in [-0.2, -0.15) is 13.2 Å². The van der Waals surface area contributed by atoms with Crippen LogP contribution in [-0.2, 0) is 0 Å². The van der Waals surface area contributed by atoms with Crippen molar-refractivity contribution in [2.24, 2.45) is 5.73 Å². The van der Waals surface area contributed by atoms with Crippen molar-refractivity contribution < 1.29 is 18.0 Å². The maximum atomic E-state index is 12.8. The molecule has 0 bridgehead atoms. The van der Waals surface area contributed by atoms with Crippen LogP contribution in [0.1, 0.15) is 10.5 Å². The molecule has 1 amide bonds. The highest BCUT2D eigenvalue weighted by Gasteiger charge is 2.32. The molecule has 10 heteroatoms. The first-order valence-corrected chi connectivity index (χ1v) is 11.2. The average molecular weight is 587 g/mol. The van der Waals surface area contributed by atoms with Crippen LogP contribution in [0.25, 0.3) is 16.8 Å². The average Bonchev–Trinajstić information content (AvgIpc) is 3.30. The molecule has 0 radical (unpaired) electrons. The number of carbonyl (C=O) groups excluding carboxylic acids is 1. The van der Waals surface area contributed by atoms with Gasteiger partial charge in [0.2, 0.25) is 0 Å². The number of aromatic nitrogens is 1. The monoisotopic (exact) mass is 586 g/mol. The highest BCUT2D eigenvalue weighted by molar-refractivity contribution is 14.1. The third kappa shape index (κ3) is 6.40. The second-order valence-corrected chi connectivity index (χ2v) is 8.47. The van der Waals surface area contributed by atoms with Crippen LogP contribution in [0.4, 0.5) is 13.2 Å². The lowest BCUT2D eigenvalue weighted by Gasteiger charge is -2.15. The summed E-state index contributed by atoms with van der Waals surface area (Å²) in [4.78, 5) is 12.7. The molecule has 2 aromatic carbocycles. The number of allylic oxidation sites excluding steroid dienone is 2. The molecule has 0 aliphatic rings. The lowest BCUT2D eigenvalue weighted by Crippen LogP contribution is -2.42. The van der Waals surface area contributed by atoms with Crippen LogP contribution in [0, 0.1) is 0 Å². The fourth-order valence-electron chi connectivity index (χ4n) is 2.94. The minimum absolute atomic E-state index is 0.184. The minimum atomic E-state index is -4.63. The molecular weight excluding hydrogens is 568 g/mol. The van der Waals surface area contributed by atoms with E-state index < -0.39 is 21.7 Å². The van der Waals surface area contributed by atoms with E-state index in [-0.39, 0.29) is 5.03 Å². The van der Waals surface area contributed by atoms with E-state index in [2.05, 4.69) is 10.9 Å². The Labute approximate surface area is 207 Å². The first kappa shape index (κ1) is 24.9. The maximum absolute atomic E-state index is 12.8. The van der Waals surface area contributed by atoms with Crippen molar-refractivity contribution in [3.05, 3.63) is 102 Å². The molecule has 1 aromatic heterocycles. The highest BCUT2D eigenvalue weighted by atomic mass is 127. The molecule has 3 aromatic rings. The topological polar surface area (TPSA) is 72.1 Å². The molecule has 0 aliphatic heterocycles. The normalized spacial score (nSPS) is 13.6. The largest absolute Gasteiger partial charge is 0.417 e. The van der Waals surface area contributed by atoms with E-state index in [1.807, 2.05) is 54.6 Å². The summed E-state index contributed by atoms with van der Waals surface area (Å²) in [5.41, 5.74) is 12.2. The van der Waals surface area contributed by atoms with Gasteiger partial charge < -0.3 is 10.3 Å².